The van der Waals surface area contributed by atoms with Crippen molar-refractivity contribution in [2.45, 2.75) is 53.6 Å². The maximum absolute atomic E-state index is 6.00. The molecule has 1 unspecified atom stereocenters. The van der Waals surface area contributed by atoms with Crippen LogP contribution in [0.4, 0.5) is 0 Å². The maximum Gasteiger partial charge on any atom is 0.122 e. The summed E-state index contributed by atoms with van der Waals surface area (Å²) < 4.78 is 6.00. The number of rotatable bonds is 8. The van der Waals surface area contributed by atoms with Gasteiger partial charge in [-0.2, -0.15) is 0 Å². The highest BCUT2D eigenvalue weighted by molar-refractivity contribution is 5.35. The summed E-state index contributed by atoms with van der Waals surface area (Å²) in [5.41, 5.74) is 2.51. The molecule has 19 heavy (non-hydrogen) atoms. The Morgan fingerprint density at radius 2 is 1.89 bits per heavy atom. The molecule has 0 saturated carbocycles. The van der Waals surface area contributed by atoms with Crippen molar-refractivity contribution in [3.8, 4) is 5.75 Å². The van der Waals surface area contributed by atoms with E-state index in [-0.39, 0.29) is 6.10 Å². The van der Waals surface area contributed by atoms with E-state index in [1.54, 1.807) is 0 Å². The topological polar surface area (TPSA) is 21.3 Å². The van der Waals surface area contributed by atoms with Gasteiger partial charge in [0.15, 0.2) is 0 Å². The molecule has 0 fully saturated rings. The molecule has 0 aromatic heterocycles. The lowest BCUT2D eigenvalue weighted by Gasteiger charge is -2.17. The molecule has 1 aromatic carbocycles. The van der Waals surface area contributed by atoms with Gasteiger partial charge in [-0.3, -0.25) is 0 Å². The van der Waals surface area contributed by atoms with E-state index < -0.39 is 0 Å². The summed E-state index contributed by atoms with van der Waals surface area (Å²) in [6, 6.07) is 6.36. The molecule has 1 atom stereocenters. The van der Waals surface area contributed by atoms with Crippen LogP contribution in [-0.2, 0) is 0 Å². The second kappa shape index (κ2) is 8.21. The Morgan fingerprint density at radius 1 is 1.16 bits per heavy atom. The predicted octanol–water partition coefficient (Wildman–Crippen LogP) is 4.10. The minimum Gasteiger partial charge on any atom is -0.490 e. The van der Waals surface area contributed by atoms with Crippen molar-refractivity contribution < 1.29 is 4.74 Å². The summed E-state index contributed by atoms with van der Waals surface area (Å²) in [5, 5.41) is 3.47. The molecule has 0 heterocycles. The van der Waals surface area contributed by atoms with Gasteiger partial charge in [0.25, 0.3) is 0 Å². The summed E-state index contributed by atoms with van der Waals surface area (Å²) in [6.45, 7) is 13.0. The highest BCUT2D eigenvalue weighted by Crippen LogP contribution is 2.20. The van der Waals surface area contributed by atoms with Gasteiger partial charge in [0, 0.05) is 0 Å². The van der Waals surface area contributed by atoms with Crippen molar-refractivity contribution in [2.24, 2.45) is 5.92 Å². The van der Waals surface area contributed by atoms with Gasteiger partial charge in [0.1, 0.15) is 5.75 Å². The van der Waals surface area contributed by atoms with Crippen LogP contribution in [0.25, 0.3) is 0 Å². The van der Waals surface area contributed by atoms with Crippen LogP contribution in [0.15, 0.2) is 18.2 Å². The van der Waals surface area contributed by atoms with Crippen molar-refractivity contribution >= 4 is 0 Å². The number of benzene rings is 1. The predicted molar refractivity (Wildman–Crippen MR) is 82.9 cm³/mol. The van der Waals surface area contributed by atoms with Gasteiger partial charge in [-0.1, -0.05) is 31.5 Å². The third-order valence-corrected chi connectivity index (χ3v) is 3.18. The smallest absolute Gasteiger partial charge is 0.122 e. The first-order valence-corrected chi connectivity index (χ1v) is 7.43. The first-order chi connectivity index (χ1) is 8.99. The van der Waals surface area contributed by atoms with Gasteiger partial charge in [-0.05, 0) is 64.3 Å². The van der Waals surface area contributed by atoms with Crippen LogP contribution in [0.5, 0.6) is 5.75 Å². The lowest BCUT2D eigenvalue weighted by Crippen LogP contribution is -2.22. The third kappa shape index (κ3) is 6.63. The molecule has 1 N–H and O–H groups in total. The summed E-state index contributed by atoms with van der Waals surface area (Å²) in [7, 11) is 0. The van der Waals surface area contributed by atoms with Crippen molar-refractivity contribution in [3.63, 3.8) is 0 Å². The van der Waals surface area contributed by atoms with E-state index in [0.29, 0.717) is 0 Å². The lowest BCUT2D eigenvalue weighted by molar-refractivity contribution is 0.206. The number of aryl methyl sites for hydroxylation is 2. The Kier molecular flexibility index (Phi) is 6.93. The molecular formula is C17H29NO. The third-order valence-electron chi connectivity index (χ3n) is 3.18. The number of ether oxygens (including phenoxy) is 1. The van der Waals surface area contributed by atoms with Gasteiger partial charge in [0.2, 0.25) is 0 Å². The van der Waals surface area contributed by atoms with Crippen LogP contribution in [-0.4, -0.2) is 19.2 Å². The highest BCUT2D eigenvalue weighted by Gasteiger charge is 2.06. The molecule has 0 aliphatic heterocycles. The van der Waals surface area contributed by atoms with Crippen molar-refractivity contribution in [2.75, 3.05) is 13.1 Å². The molecule has 0 aliphatic carbocycles. The Bertz CT molecular complexity index is 374. The first-order valence-electron chi connectivity index (χ1n) is 7.43. The van der Waals surface area contributed by atoms with Crippen LogP contribution in [0.2, 0.25) is 0 Å². The average Bonchev–Trinajstić information content (AvgIpc) is 2.32. The van der Waals surface area contributed by atoms with Gasteiger partial charge >= 0.3 is 0 Å². The van der Waals surface area contributed by atoms with E-state index in [9.17, 15) is 0 Å². The fourth-order valence-electron chi connectivity index (χ4n) is 2.11. The van der Waals surface area contributed by atoms with E-state index >= 15 is 0 Å². The number of nitrogens with one attached hydrogen (secondary N) is 1. The molecule has 0 amide bonds. The van der Waals surface area contributed by atoms with Crippen LogP contribution >= 0.6 is 0 Å². The van der Waals surface area contributed by atoms with E-state index in [2.05, 4.69) is 58.1 Å². The molecule has 2 nitrogen and oxygen atoms in total. The maximum atomic E-state index is 6.00. The summed E-state index contributed by atoms with van der Waals surface area (Å²) in [6.07, 6.45) is 2.54. The molecule has 0 saturated heterocycles. The van der Waals surface area contributed by atoms with Crippen molar-refractivity contribution in [1.29, 1.82) is 0 Å². The standard InChI is InChI=1S/C17H29NO/c1-13(2)12-18-10-6-7-16(5)19-17-9-8-14(3)11-15(17)4/h8-9,11,13,16,18H,6-7,10,12H2,1-5H3. The Morgan fingerprint density at radius 3 is 2.53 bits per heavy atom. The van der Waals surface area contributed by atoms with Gasteiger partial charge < -0.3 is 10.1 Å². The molecule has 0 aliphatic rings. The molecule has 1 rings (SSSR count). The molecule has 0 spiro atoms. The van der Waals surface area contributed by atoms with Crippen LogP contribution < -0.4 is 10.1 Å². The normalized spacial score (nSPS) is 12.7. The molecule has 1 aromatic rings. The summed E-state index contributed by atoms with van der Waals surface area (Å²) in [5.74, 6) is 1.75. The summed E-state index contributed by atoms with van der Waals surface area (Å²) in [4.78, 5) is 0. The SMILES string of the molecule is Cc1ccc(OC(C)CCCNCC(C)C)c(C)c1. The average molecular weight is 263 g/mol. The Balaban J connectivity index is 2.25. The number of hydrogen-bond donors (Lipinski definition) is 1. The quantitative estimate of drug-likeness (QED) is 0.713. The highest BCUT2D eigenvalue weighted by atomic mass is 16.5. The van der Waals surface area contributed by atoms with Crippen LogP contribution in [0, 0.1) is 19.8 Å². The zero-order valence-electron chi connectivity index (χ0n) is 13.1. The van der Waals surface area contributed by atoms with Gasteiger partial charge in [-0.25, -0.2) is 0 Å². The first kappa shape index (κ1) is 16.0. The fourth-order valence-corrected chi connectivity index (χ4v) is 2.11. The number of hydrogen-bond acceptors (Lipinski definition) is 2. The van der Waals surface area contributed by atoms with Gasteiger partial charge in [-0.15, -0.1) is 0 Å². The van der Waals surface area contributed by atoms with Crippen LogP contribution in [0.3, 0.4) is 0 Å². The van der Waals surface area contributed by atoms with E-state index in [0.717, 1.165) is 31.2 Å². The molecule has 0 radical (unpaired) electrons. The zero-order valence-corrected chi connectivity index (χ0v) is 13.1. The fraction of sp³-hybridized carbons (Fsp3) is 0.647. The second-order valence-corrected chi connectivity index (χ2v) is 5.94. The molecule has 108 valence electrons. The molecule has 0 bridgehead atoms. The monoisotopic (exact) mass is 263 g/mol. The molecular weight excluding hydrogens is 234 g/mol. The molecule has 2 heteroatoms. The van der Waals surface area contributed by atoms with E-state index in [1.165, 1.54) is 17.5 Å². The summed E-state index contributed by atoms with van der Waals surface area (Å²) >= 11 is 0. The van der Waals surface area contributed by atoms with Crippen LogP contribution in [0.1, 0.15) is 44.7 Å². The largest absolute Gasteiger partial charge is 0.490 e. The Labute approximate surface area is 118 Å². The Hall–Kier alpha value is -1.02. The minimum absolute atomic E-state index is 0.280. The zero-order chi connectivity index (χ0) is 14.3. The van der Waals surface area contributed by atoms with Gasteiger partial charge in [0.05, 0.1) is 6.10 Å². The van der Waals surface area contributed by atoms with E-state index in [1.807, 2.05) is 0 Å². The second-order valence-electron chi connectivity index (χ2n) is 5.94. The van der Waals surface area contributed by atoms with Crippen molar-refractivity contribution in [3.05, 3.63) is 29.3 Å². The lowest BCUT2D eigenvalue weighted by atomic mass is 10.1. The van der Waals surface area contributed by atoms with Crippen molar-refractivity contribution in [1.82, 2.24) is 5.32 Å². The minimum atomic E-state index is 0.280. The van der Waals surface area contributed by atoms with E-state index in [4.69, 9.17) is 4.74 Å².